The lowest BCUT2D eigenvalue weighted by Crippen LogP contribution is -2.30. The van der Waals surface area contributed by atoms with Crippen LogP contribution in [0.1, 0.15) is 36.1 Å². The Morgan fingerprint density at radius 2 is 2.38 bits per heavy atom. The third-order valence-electron chi connectivity index (χ3n) is 2.83. The number of nitrogens with one attached hydrogen (secondary N) is 1. The predicted molar refractivity (Wildman–Crippen MR) is 65.9 cm³/mol. The molecular formula is C12H16BrNO2. The van der Waals surface area contributed by atoms with Gasteiger partial charge in [0.25, 0.3) is 5.91 Å². The summed E-state index contributed by atoms with van der Waals surface area (Å²) >= 11 is 3.58. The zero-order chi connectivity index (χ0) is 11.5. The minimum atomic E-state index is -0.121. The normalized spacial score (nSPS) is 17.1. The predicted octanol–water partition coefficient (Wildman–Crippen LogP) is 2.75. The van der Waals surface area contributed by atoms with Crippen molar-refractivity contribution < 1.29 is 9.21 Å². The smallest absolute Gasteiger partial charge is 0.287 e. The molecule has 16 heavy (non-hydrogen) atoms. The molecule has 1 amide bonds. The van der Waals surface area contributed by atoms with Crippen LogP contribution >= 0.6 is 15.9 Å². The zero-order valence-corrected chi connectivity index (χ0v) is 10.9. The molecule has 3 nitrogen and oxygen atoms in total. The quantitative estimate of drug-likeness (QED) is 0.846. The SMILES string of the molecule is CCc1ccc(C(=O)NCC(Br)C2CC2)o1. The number of hydrogen-bond acceptors (Lipinski definition) is 2. The molecule has 0 aromatic carbocycles. The maximum atomic E-state index is 11.7. The second kappa shape index (κ2) is 5.04. The number of hydrogen-bond donors (Lipinski definition) is 1. The standard InChI is InChI=1S/C12H16BrNO2/c1-2-9-5-6-11(16-9)12(15)14-7-10(13)8-3-4-8/h5-6,8,10H,2-4,7H2,1H3,(H,14,15). The second-order valence-corrected chi connectivity index (χ2v) is 5.36. The molecule has 0 saturated heterocycles. The van der Waals surface area contributed by atoms with Crippen molar-refractivity contribution in [3.05, 3.63) is 23.7 Å². The topological polar surface area (TPSA) is 42.2 Å². The van der Waals surface area contributed by atoms with E-state index in [0.29, 0.717) is 17.1 Å². The van der Waals surface area contributed by atoms with Gasteiger partial charge in [0, 0.05) is 17.8 Å². The average Bonchev–Trinajstić information content (AvgIpc) is 3.03. The summed E-state index contributed by atoms with van der Waals surface area (Å²) in [5.41, 5.74) is 0. The minimum absolute atomic E-state index is 0.121. The molecule has 1 heterocycles. The van der Waals surface area contributed by atoms with Crippen molar-refractivity contribution in [1.82, 2.24) is 5.32 Å². The Kier molecular flexibility index (Phi) is 3.69. The van der Waals surface area contributed by atoms with Gasteiger partial charge in [-0.05, 0) is 30.9 Å². The number of amides is 1. The van der Waals surface area contributed by atoms with Crippen molar-refractivity contribution in [1.29, 1.82) is 0 Å². The van der Waals surface area contributed by atoms with E-state index >= 15 is 0 Å². The molecule has 1 N–H and O–H groups in total. The lowest BCUT2D eigenvalue weighted by atomic mass is 10.3. The van der Waals surface area contributed by atoms with Gasteiger partial charge in [-0.3, -0.25) is 4.79 Å². The van der Waals surface area contributed by atoms with Gasteiger partial charge in [-0.2, -0.15) is 0 Å². The number of carbonyl (C=O) groups is 1. The number of rotatable bonds is 5. The average molecular weight is 286 g/mol. The highest BCUT2D eigenvalue weighted by atomic mass is 79.9. The van der Waals surface area contributed by atoms with Crippen molar-refractivity contribution in [2.24, 2.45) is 5.92 Å². The maximum absolute atomic E-state index is 11.7. The summed E-state index contributed by atoms with van der Waals surface area (Å²) in [4.78, 5) is 12.1. The first-order valence-corrected chi connectivity index (χ1v) is 6.63. The summed E-state index contributed by atoms with van der Waals surface area (Å²) in [5, 5.41) is 2.88. The van der Waals surface area contributed by atoms with Gasteiger partial charge in [0.15, 0.2) is 5.76 Å². The third kappa shape index (κ3) is 2.88. The van der Waals surface area contributed by atoms with Crippen LogP contribution in [-0.2, 0) is 6.42 Å². The minimum Gasteiger partial charge on any atom is -0.456 e. The molecule has 0 bridgehead atoms. The number of alkyl halides is 1. The Balaban J connectivity index is 1.82. The molecule has 1 atom stereocenters. The largest absolute Gasteiger partial charge is 0.456 e. The number of aryl methyl sites for hydroxylation is 1. The van der Waals surface area contributed by atoms with E-state index in [1.807, 2.05) is 13.0 Å². The van der Waals surface area contributed by atoms with Crippen molar-refractivity contribution in [2.45, 2.75) is 31.0 Å². The van der Waals surface area contributed by atoms with E-state index in [2.05, 4.69) is 21.2 Å². The first-order valence-electron chi connectivity index (χ1n) is 5.71. The Labute approximate surface area is 104 Å². The Morgan fingerprint density at radius 3 is 2.94 bits per heavy atom. The van der Waals surface area contributed by atoms with Crippen LogP contribution in [0.25, 0.3) is 0 Å². The van der Waals surface area contributed by atoms with Gasteiger partial charge >= 0.3 is 0 Å². The van der Waals surface area contributed by atoms with Gasteiger partial charge in [0.1, 0.15) is 5.76 Å². The molecule has 1 saturated carbocycles. The summed E-state index contributed by atoms with van der Waals surface area (Å²) in [6.07, 6.45) is 3.36. The first-order chi connectivity index (χ1) is 7.70. The lowest BCUT2D eigenvalue weighted by molar-refractivity contribution is 0.0924. The highest BCUT2D eigenvalue weighted by Crippen LogP contribution is 2.36. The van der Waals surface area contributed by atoms with E-state index in [0.717, 1.165) is 18.1 Å². The number of carbonyl (C=O) groups excluding carboxylic acids is 1. The van der Waals surface area contributed by atoms with E-state index in [1.165, 1.54) is 12.8 Å². The Morgan fingerprint density at radius 1 is 1.62 bits per heavy atom. The van der Waals surface area contributed by atoms with Crippen molar-refractivity contribution in [3.63, 3.8) is 0 Å². The number of furan rings is 1. The zero-order valence-electron chi connectivity index (χ0n) is 9.33. The van der Waals surface area contributed by atoms with Crippen LogP contribution in [0.15, 0.2) is 16.5 Å². The van der Waals surface area contributed by atoms with E-state index in [9.17, 15) is 4.79 Å². The van der Waals surface area contributed by atoms with Crippen LogP contribution in [0, 0.1) is 5.92 Å². The van der Waals surface area contributed by atoms with Gasteiger partial charge in [0.2, 0.25) is 0 Å². The molecular weight excluding hydrogens is 270 g/mol. The van der Waals surface area contributed by atoms with E-state index in [-0.39, 0.29) is 5.91 Å². The van der Waals surface area contributed by atoms with E-state index in [1.54, 1.807) is 6.07 Å². The van der Waals surface area contributed by atoms with Crippen LogP contribution in [0.5, 0.6) is 0 Å². The lowest BCUT2D eigenvalue weighted by Gasteiger charge is -2.08. The molecule has 0 radical (unpaired) electrons. The van der Waals surface area contributed by atoms with Gasteiger partial charge in [-0.25, -0.2) is 0 Å². The van der Waals surface area contributed by atoms with Crippen LogP contribution in [0.3, 0.4) is 0 Å². The summed E-state index contributed by atoms with van der Waals surface area (Å²) < 4.78 is 5.38. The van der Waals surface area contributed by atoms with E-state index in [4.69, 9.17) is 4.42 Å². The molecule has 1 aliphatic carbocycles. The fourth-order valence-corrected chi connectivity index (χ4v) is 2.28. The molecule has 1 aromatic rings. The molecule has 0 spiro atoms. The maximum Gasteiger partial charge on any atom is 0.287 e. The first kappa shape index (κ1) is 11.7. The van der Waals surface area contributed by atoms with Crippen LogP contribution in [0.2, 0.25) is 0 Å². The van der Waals surface area contributed by atoms with Gasteiger partial charge in [-0.15, -0.1) is 0 Å². The van der Waals surface area contributed by atoms with Gasteiger partial charge < -0.3 is 9.73 Å². The van der Waals surface area contributed by atoms with Crippen LogP contribution in [0.4, 0.5) is 0 Å². The fourth-order valence-electron chi connectivity index (χ4n) is 1.59. The summed E-state index contributed by atoms with van der Waals surface area (Å²) in [6, 6.07) is 3.58. The summed E-state index contributed by atoms with van der Waals surface area (Å²) in [6.45, 7) is 2.67. The fraction of sp³-hybridized carbons (Fsp3) is 0.583. The van der Waals surface area contributed by atoms with Crippen molar-refractivity contribution >= 4 is 21.8 Å². The molecule has 1 unspecified atom stereocenters. The molecule has 88 valence electrons. The molecule has 1 aromatic heterocycles. The Hall–Kier alpha value is -0.770. The monoisotopic (exact) mass is 285 g/mol. The highest BCUT2D eigenvalue weighted by Gasteiger charge is 2.29. The van der Waals surface area contributed by atoms with Gasteiger partial charge in [0.05, 0.1) is 0 Å². The highest BCUT2D eigenvalue weighted by molar-refractivity contribution is 9.09. The Bertz CT molecular complexity index is 371. The van der Waals surface area contributed by atoms with Crippen LogP contribution in [-0.4, -0.2) is 17.3 Å². The molecule has 2 rings (SSSR count). The molecule has 4 heteroatoms. The summed E-state index contributed by atoms with van der Waals surface area (Å²) in [5.74, 6) is 1.88. The summed E-state index contributed by atoms with van der Waals surface area (Å²) in [7, 11) is 0. The second-order valence-electron chi connectivity index (χ2n) is 4.18. The van der Waals surface area contributed by atoms with Crippen molar-refractivity contribution in [2.75, 3.05) is 6.54 Å². The van der Waals surface area contributed by atoms with Gasteiger partial charge in [-0.1, -0.05) is 22.9 Å². The third-order valence-corrected chi connectivity index (χ3v) is 3.90. The molecule has 1 aliphatic rings. The van der Waals surface area contributed by atoms with E-state index < -0.39 is 0 Å². The number of halogens is 1. The molecule has 0 aliphatic heterocycles. The molecule has 1 fully saturated rings. The van der Waals surface area contributed by atoms with Crippen LogP contribution < -0.4 is 5.32 Å². The van der Waals surface area contributed by atoms with Crippen molar-refractivity contribution in [3.8, 4) is 0 Å².